The molecule has 0 unspecified atom stereocenters. The summed E-state index contributed by atoms with van der Waals surface area (Å²) >= 11 is 1.73. The first-order valence-electron chi connectivity index (χ1n) is 9.76. The number of benzene rings is 2. The summed E-state index contributed by atoms with van der Waals surface area (Å²) in [6.45, 7) is 1.89. The SMILES string of the molecule is Nc1ccc2c(c1)Cc1cccc(-c3cc(=O)cc(N4CCCCC4)o3)c1S2. The van der Waals surface area contributed by atoms with Crippen molar-refractivity contribution in [2.24, 2.45) is 0 Å². The Morgan fingerprint density at radius 1 is 0.964 bits per heavy atom. The Kier molecular flexibility index (Phi) is 4.40. The third-order valence-electron chi connectivity index (χ3n) is 5.46. The van der Waals surface area contributed by atoms with E-state index in [-0.39, 0.29) is 5.43 Å². The number of hydrogen-bond acceptors (Lipinski definition) is 5. The monoisotopic (exact) mass is 390 g/mol. The lowest BCUT2D eigenvalue weighted by atomic mass is 10.0. The zero-order chi connectivity index (χ0) is 19.1. The maximum Gasteiger partial charge on any atom is 0.199 e. The minimum absolute atomic E-state index is 0.00610. The third kappa shape index (κ3) is 3.20. The van der Waals surface area contributed by atoms with Crippen LogP contribution in [0.4, 0.5) is 11.6 Å². The number of fused-ring (bicyclic) bond motifs is 2. The Morgan fingerprint density at radius 3 is 2.68 bits per heavy atom. The van der Waals surface area contributed by atoms with Crippen molar-refractivity contribution < 1.29 is 4.42 Å². The van der Waals surface area contributed by atoms with E-state index in [9.17, 15) is 4.79 Å². The molecule has 5 heteroatoms. The van der Waals surface area contributed by atoms with Gasteiger partial charge in [-0.3, -0.25) is 4.79 Å². The molecule has 1 fully saturated rings. The van der Waals surface area contributed by atoms with Gasteiger partial charge in [-0.25, -0.2) is 0 Å². The van der Waals surface area contributed by atoms with Crippen molar-refractivity contribution in [1.29, 1.82) is 0 Å². The van der Waals surface area contributed by atoms with Gasteiger partial charge in [-0.1, -0.05) is 30.0 Å². The standard InChI is InChI=1S/C23H22N2O2S/c24-17-7-8-21-16(12-17)11-15-5-4-6-19(23(15)28-21)20-13-18(26)14-22(27-20)25-9-2-1-3-10-25/h4-8,12-14H,1-3,9-11,24H2. The summed E-state index contributed by atoms with van der Waals surface area (Å²) in [5, 5.41) is 0. The molecular formula is C23H22N2O2S. The first-order valence-corrected chi connectivity index (χ1v) is 10.6. The molecular weight excluding hydrogens is 368 g/mol. The van der Waals surface area contributed by atoms with Gasteiger partial charge >= 0.3 is 0 Å². The van der Waals surface area contributed by atoms with E-state index < -0.39 is 0 Å². The van der Waals surface area contributed by atoms with Crippen LogP contribution in [0.1, 0.15) is 30.4 Å². The van der Waals surface area contributed by atoms with Crippen molar-refractivity contribution in [3.05, 3.63) is 69.9 Å². The summed E-state index contributed by atoms with van der Waals surface area (Å²) in [7, 11) is 0. The van der Waals surface area contributed by atoms with Crippen molar-refractivity contribution in [3.63, 3.8) is 0 Å². The van der Waals surface area contributed by atoms with Crippen molar-refractivity contribution in [2.45, 2.75) is 35.5 Å². The predicted octanol–water partition coefficient (Wildman–Crippen LogP) is 4.93. The minimum Gasteiger partial charge on any atom is -0.440 e. The molecule has 3 heterocycles. The van der Waals surface area contributed by atoms with Crippen LogP contribution in [0.25, 0.3) is 11.3 Å². The van der Waals surface area contributed by atoms with E-state index in [1.54, 1.807) is 23.9 Å². The third-order valence-corrected chi connectivity index (χ3v) is 6.77. The van der Waals surface area contributed by atoms with Crippen LogP contribution >= 0.6 is 11.8 Å². The second kappa shape index (κ2) is 7.06. The molecule has 4 nitrogen and oxygen atoms in total. The van der Waals surface area contributed by atoms with E-state index in [0.29, 0.717) is 11.6 Å². The van der Waals surface area contributed by atoms with Crippen LogP contribution in [0.3, 0.4) is 0 Å². The molecule has 0 saturated carbocycles. The van der Waals surface area contributed by atoms with Crippen LogP contribution in [-0.2, 0) is 6.42 Å². The van der Waals surface area contributed by atoms with E-state index in [4.69, 9.17) is 10.2 Å². The molecule has 2 aliphatic rings. The van der Waals surface area contributed by atoms with Gasteiger partial charge in [-0.15, -0.1) is 0 Å². The van der Waals surface area contributed by atoms with Gasteiger partial charge in [-0.2, -0.15) is 0 Å². The zero-order valence-corrected chi connectivity index (χ0v) is 16.4. The largest absolute Gasteiger partial charge is 0.440 e. The quantitative estimate of drug-likeness (QED) is 0.492. The molecule has 1 saturated heterocycles. The number of nitrogens with two attached hydrogens (primary N) is 1. The summed E-state index contributed by atoms with van der Waals surface area (Å²) in [6, 6.07) is 15.5. The first-order chi connectivity index (χ1) is 13.7. The minimum atomic E-state index is -0.00610. The molecule has 28 heavy (non-hydrogen) atoms. The molecule has 3 aromatic rings. The van der Waals surface area contributed by atoms with Gasteiger partial charge in [0.15, 0.2) is 11.3 Å². The van der Waals surface area contributed by atoms with E-state index in [1.807, 2.05) is 18.2 Å². The van der Waals surface area contributed by atoms with Gasteiger partial charge in [0, 0.05) is 46.3 Å². The Labute approximate surface area is 168 Å². The summed E-state index contributed by atoms with van der Waals surface area (Å²) in [6.07, 6.45) is 4.37. The number of rotatable bonds is 2. The fourth-order valence-electron chi connectivity index (χ4n) is 4.06. The van der Waals surface area contributed by atoms with Gasteiger partial charge in [0.2, 0.25) is 0 Å². The van der Waals surface area contributed by atoms with Gasteiger partial charge in [0.25, 0.3) is 0 Å². The molecule has 0 aliphatic carbocycles. The first kappa shape index (κ1) is 17.4. The predicted molar refractivity (Wildman–Crippen MR) is 114 cm³/mol. The van der Waals surface area contributed by atoms with E-state index in [2.05, 4.69) is 23.1 Å². The highest BCUT2D eigenvalue weighted by atomic mass is 32.2. The van der Waals surface area contributed by atoms with Crippen molar-refractivity contribution >= 4 is 23.3 Å². The summed E-state index contributed by atoms with van der Waals surface area (Å²) in [4.78, 5) is 17.0. The average molecular weight is 391 g/mol. The lowest BCUT2D eigenvalue weighted by Crippen LogP contribution is -2.30. The average Bonchev–Trinajstić information content (AvgIpc) is 2.72. The van der Waals surface area contributed by atoms with E-state index >= 15 is 0 Å². The van der Waals surface area contributed by atoms with Gasteiger partial charge < -0.3 is 15.1 Å². The molecule has 2 aromatic carbocycles. The molecule has 0 radical (unpaired) electrons. The lowest BCUT2D eigenvalue weighted by Gasteiger charge is -2.27. The fraction of sp³-hybridized carbons (Fsp3) is 0.261. The Hall–Kier alpha value is -2.66. The molecule has 0 spiro atoms. The second-order valence-electron chi connectivity index (χ2n) is 7.48. The van der Waals surface area contributed by atoms with Crippen molar-refractivity contribution in [1.82, 2.24) is 0 Å². The summed E-state index contributed by atoms with van der Waals surface area (Å²) < 4.78 is 6.25. The Morgan fingerprint density at radius 2 is 1.82 bits per heavy atom. The normalized spacial score (nSPS) is 15.8. The smallest absolute Gasteiger partial charge is 0.199 e. The van der Waals surface area contributed by atoms with E-state index in [0.717, 1.165) is 43.6 Å². The highest BCUT2D eigenvalue weighted by Gasteiger charge is 2.22. The van der Waals surface area contributed by atoms with Crippen LogP contribution in [-0.4, -0.2) is 13.1 Å². The summed E-state index contributed by atoms with van der Waals surface area (Å²) in [5.74, 6) is 1.34. The Bertz CT molecular complexity index is 1100. The Balaban J connectivity index is 1.57. The number of nitrogen functional groups attached to an aromatic ring is 1. The van der Waals surface area contributed by atoms with Crippen LogP contribution in [0.15, 0.2) is 67.5 Å². The van der Waals surface area contributed by atoms with Crippen molar-refractivity contribution in [2.75, 3.05) is 23.7 Å². The molecule has 1 aromatic heterocycles. The lowest BCUT2D eigenvalue weighted by molar-refractivity contribution is 0.497. The highest BCUT2D eigenvalue weighted by Crippen LogP contribution is 2.45. The topological polar surface area (TPSA) is 59.5 Å². The number of nitrogens with zero attached hydrogens (tertiary/aromatic N) is 1. The summed E-state index contributed by atoms with van der Waals surface area (Å²) in [5.41, 5.74) is 10.2. The van der Waals surface area contributed by atoms with Crippen LogP contribution in [0.5, 0.6) is 0 Å². The maximum atomic E-state index is 12.4. The fourth-order valence-corrected chi connectivity index (χ4v) is 5.23. The van der Waals surface area contributed by atoms with Gasteiger partial charge in [-0.05, 0) is 55.0 Å². The molecule has 0 amide bonds. The molecule has 2 N–H and O–H groups in total. The van der Waals surface area contributed by atoms with E-state index in [1.165, 1.54) is 27.3 Å². The molecule has 142 valence electrons. The molecule has 5 rings (SSSR count). The number of piperidine rings is 1. The molecule has 0 bridgehead atoms. The van der Waals surface area contributed by atoms with Crippen molar-refractivity contribution in [3.8, 4) is 11.3 Å². The van der Waals surface area contributed by atoms with Crippen LogP contribution in [0, 0.1) is 0 Å². The van der Waals surface area contributed by atoms with Gasteiger partial charge in [0.1, 0.15) is 5.76 Å². The van der Waals surface area contributed by atoms with Crippen LogP contribution < -0.4 is 16.1 Å². The molecule has 2 aliphatic heterocycles. The maximum absolute atomic E-state index is 12.4. The number of anilines is 2. The van der Waals surface area contributed by atoms with Crippen LogP contribution in [0.2, 0.25) is 0 Å². The zero-order valence-electron chi connectivity index (χ0n) is 15.6. The van der Waals surface area contributed by atoms with Gasteiger partial charge in [0.05, 0.1) is 0 Å². The number of hydrogen-bond donors (Lipinski definition) is 1. The second-order valence-corrected chi connectivity index (χ2v) is 8.54. The highest BCUT2D eigenvalue weighted by molar-refractivity contribution is 7.99. The molecule has 0 atom stereocenters.